The van der Waals surface area contributed by atoms with E-state index in [2.05, 4.69) is 27.7 Å². The molecule has 1 aromatic heterocycles. The predicted octanol–water partition coefficient (Wildman–Crippen LogP) is 2.15. The number of hydrogen-bond acceptors (Lipinski definition) is 3. The number of ketones is 1. The third-order valence-corrected chi connectivity index (χ3v) is 3.67. The Hall–Kier alpha value is -1.16. The van der Waals surface area contributed by atoms with E-state index in [9.17, 15) is 4.79 Å². The molecule has 4 nitrogen and oxygen atoms in total. The van der Waals surface area contributed by atoms with Gasteiger partial charge in [-0.2, -0.15) is 5.10 Å². The average Bonchev–Trinajstić information content (AvgIpc) is 2.86. The lowest BCUT2D eigenvalue weighted by molar-refractivity contribution is -0.118. The maximum absolute atomic E-state index is 11.3. The molecule has 1 fully saturated rings. The average molecular weight is 249 g/mol. The molecule has 0 spiro atoms. The first kappa shape index (κ1) is 13.3. The summed E-state index contributed by atoms with van der Waals surface area (Å²) in [6, 6.07) is 2.59. The highest BCUT2D eigenvalue weighted by molar-refractivity contribution is 5.76. The second-order valence-corrected chi connectivity index (χ2v) is 5.27. The molecule has 100 valence electrons. The summed E-state index contributed by atoms with van der Waals surface area (Å²) in [6.45, 7) is 8.78. The Balaban J connectivity index is 2.05. The molecule has 0 saturated carbocycles. The van der Waals surface area contributed by atoms with Crippen molar-refractivity contribution in [2.24, 2.45) is 0 Å². The van der Waals surface area contributed by atoms with E-state index in [0.717, 1.165) is 31.7 Å². The van der Waals surface area contributed by atoms with Gasteiger partial charge >= 0.3 is 0 Å². The van der Waals surface area contributed by atoms with Gasteiger partial charge in [-0.25, -0.2) is 0 Å². The lowest BCUT2D eigenvalue weighted by atomic mass is 10.1. The minimum absolute atomic E-state index is 0.298. The summed E-state index contributed by atoms with van der Waals surface area (Å²) in [4.78, 5) is 13.7. The Morgan fingerprint density at radius 1 is 1.56 bits per heavy atom. The highest BCUT2D eigenvalue weighted by atomic mass is 16.1. The fourth-order valence-electron chi connectivity index (χ4n) is 2.87. The topological polar surface area (TPSA) is 38.1 Å². The molecular formula is C14H23N3O. The summed E-state index contributed by atoms with van der Waals surface area (Å²) in [6.07, 6.45) is 3.05. The number of aryl methyl sites for hydroxylation is 2. The van der Waals surface area contributed by atoms with Crippen molar-refractivity contribution in [2.45, 2.75) is 59.2 Å². The van der Waals surface area contributed by atoms with Crippen molar-refractivity contribution in [3.63, 3.8) is 0 Å². The van der Waals surface area contributed by atoms with E-state index in [-0.39, 0.29) is 0 Å². The SMILES string of the molecule is CCn1nc(C)cc1CN1CCCC1CC(C)=O. The van der Waals surface area contributed by atoms with E-state index in [1.165, 1.54) is 12.1 Å². The molecule has 1 aliphatic rings. The molecule has 18 heavy (non-hydrogen) atoms. The van der Waals surface area contributed by atoms with Crippen LogP contribution in [0.2, 0.25) is 0 Å². The van der Waals surface area contributed by atoms with E-state index in [0.29, 0.717) is 18.2 Å². The summed E-state index contributed by atoms with van der Waals surface area (Å²) < 4.78 is 2.07. The first-order valence-corrected chi connectivity index (χ1v) is 6.87. The van der Waals surface area contributed by atoms with Gasteiger partial charge in [0.25, 0.3) is 0 Å². The van der Waals surface area contributed by atoms with Gasteiger partial charge in [-0.3, -0.25) is 14.4 Å². The fourth-order valence-corrected chi connectivity index (χ4v) is 2.87. The number of carbonyl (C=O) groups is 1. The van der Waals surface area contributed by atoms with E-state index in [1.807, 2.05) is 6.92 Å². The van der Waals surface area contributed by atoms with Crippen LogP contribution >= 0.6 is 0 Å². The van der Waals surface area contributed by atoms with Gasteiger partial charge in [-0.15, -0.1) is 0 Å². The molecule has 0 amide bonds. The number of rotatable bonds is 5. The summed E-state index contributed by atoms with van der Waals surface area (Å²) >= 11 is 0. The van der Waals surface area contributed by atoms with E-state index in [1.54, 1.807) is 6.92 Å². The van der Waals surface area contributed by atoms with Gasteiger partial charge < -0.3 is 0 Å². The summed E-state index contributed by atoms with van der Waals surface area (Å²) in [5, 5.41) is 4.48. The van der Waals surface area contributed by atoms with Crippen LogP contribution in [0.3, 0.4) is 0 Å². The van der Waals surface area contributed by atoms with Crippen LogP contribution in [0.5, 0.6) is 0 Å². The van der Waals surface area contributed by atoms with Crippen molar-refractivity contribution in [3.8, 4) is 0 Å². The third-order valence-electron chi connectivity index (χ3n) is 3.67. The second-order valence-electron chi connectivity index (χ2n) is 5.27. The lowest BCUT2D eigenvalue weighted by Crippen LogP contribution is -2.31. The van der Waals surface area contributed by atoms with Crippen LogP contribution in [0.25, 0.3) is 0 Å². The number of aromatic nitrogens is 2. The van der Waals surface area contributed by atoms with Gasteiger partial charge in [0.15, 0.2) is 0 Å². The molecule has 1 atom stereocenters. The zero-order chi connectivity index (χ0) is 13.1. The highest BCUT2D eigenvalue weighted by Gasteiger charge is 2.26. The number of likely N-dealkylation sites (tertiary alicyclic amines) is 1. The molecule has 1 saturated heterocycles. The Morgan fingerprint density at radius 2 is 2.33 bits per heavy atom. The van der Waals surface area contributed by atoms with E-state index in [4.69, 9.17) is 0 Å². The van der Waals surface area contributed by atoms with Crippen LogP contribution in [-0.4, -0.2) is 33.1 Å². The summed E-state index contributed by atoms with van der Waals surface area (Å²) in [5.74, 6) is 0.298. The normalized spacial score (nSPS) is 20.5. The molecule has 2 rings (SSSR count). The first-order valence-electron chi connectivity index (χ1n) is 6.87. The van der Waals surface area contributed by atoms with Crippen molar-refractivity contribution in [1.29, 1.82) is 0 Å². The number of nitrogens with zero attached hydrogens (tertiary/aromatic N) is 3. The van der Waals surface area contributed by atoms with Crippen molar-refractivity contribution < 1.29 is 4.79 Å². The van der Waals surface area contributed by atoms with Gasteiger partial charge in [0.05, 0.1) is 11.4 Å². The Labute approximate surface area is 109 Å². The number of carbonyl (C=O) groups excluding carboxylic acids is 1. The molecule has 0 bridgehead atoms. The minimum atomic E-state index is 0.298. The molecule has 0 aliphatic carbocycles. The molecule has 0 aromatic carbocycles. The first-order chi connectivity index (χ1) is 8.60. The minimum Gasteiger partial charge on any atom is -0.300 e. The van der Waals surface area contributed by atoms with Crippen LogP contribution in [-0.2, 0) is 17.9 Å². The zero-order valence-electron chi connectivity index (χ0n) is 11.6. The van der Waals surface area contributed by atoms with E-state index >= 15 is 0 Å². The van der Waals surface area contributed by atoms with Crippen molar-refractivity contribution in [1.82, 2.24) is 14.7 Å². The molecule has 4 heteroatoms. The number of Topliss-reactive ketones (excluding diaryl/α,β-unsaturated/α-hetero) is 1. The number of hydrogen-bond donors (Lipinski definition) is 0. The largest absolute Gasteiger partial charge is 0.300 e. The van der Waals surface area contributed by atoms with Crippen molar-refractivity contribution in [2.75, 3.05) is 6.54 Å². The van der Waals surface area contributed by atoms with E-state index < -0.39 is 0 Å². The molecule has 1 unspecified atom stereocenters. The monoisotopic (exact) mass is 249 g/mol. The zero-order valence-corrected chi connectivity index (χ0v) is 11.6. The lowest BCUT2D eigenvalue weighted by Gasteiger charge is -2.23. The van der Waals surface area contributed by atoms with Crippen LogP contribution in [0.15, 0.2) is 6.07 Å². The van der Waals surface area contributed by atoms with Crippen LogP contribution < -0.4 is 0 Å². The van der Waals surface area contributed by atoms with Crippen LogP contribution in [0, 0.1) is 6.92 Å². The van der Waals surface area contributed by atoms with Gasteiger partial charge in [0, 0.05) is 25.6 Å². The molecule has 1 aromatic rings. The standard InChI is InChI=1S/C14H23N3O/c1-4-17-14(8-11(2)15-17)10-16-7-5-6-13(16)9-12(3)18/h8,13H,4-7,9-10H2,1-3H3. The Morgan fingerprint density at radius 3 is 3.00 bits per heavy atom. The van der Waals surface area contributed by atoms with Crippen LogP contribution in [0.1, 0.15) is 44.5 Å². The predicted molar refractivity (Wildman–Crippen MR) is 71.4 cm³/mol. The third kappa shape index (κ3) is 2.99. The molecule has 2 heterocycles. The van der Waals surface area contributed by atoms with Crippen LogP contribution in [0.4, 0.5) is 0 Å². The quantitative estimate of drug-likeness (QED) is 0.802. The maximum atomic E-state index is 11.3. The molecule has 1 aliphatic heterocycles. The smallest absolute Gasteiger partial charge is 0.131 e. The summed E-state index contributed by atoms with van der Waals surface area (Å²) in [5.41, 5.74) is 2.35. The van der Waals surface area contributed by atoms with Gasteiger partial charge in [-0.1, -0.05) is 0 Å². The molecule has 0 radical (unpaired) electrons. The Kier molecular flexibility index (Phi) is 4.17. The molecule has 0 N–H and O–H groups in total. The second kappa shape index (κ2) is 5.65. The molecular weight excluding hydrogens is 226 g/mol. The van der Waals surface area contributed by atoms with Crippen molar-refractivity contribution >= 4 is 5.78 Å². The Bertz CT molecular complexity index is 425. The fraction of sp³-hybridized carbons (Fsp3) is 0.714. The van der Waals surface area contributed by atoms with Crippen molar-refractivity contribution in [3.05, 3.63) is 17.5 Å². The van der Waals surface area contributed by atoms with Gasteiger partial charge in [0.2, 0.25) is 0 Å². The van der Waals surface area contributed by atoms with Gasteiger partial charge in [-0.05, 0) is 46.2 Å². The maximum Gasteiger partial charge on any atom is 0.131 e. The summed E-state index contributed by atoms with van der Waals surface area (Å²) in [7, 11) is 0. The van der Waals surface area contributed by atoms with Gasteiger partial charge in [0.1, 0.15) is 5.78 Å². The highest BCUT2D eigenvalue weighted by Crippen LogP contribution is 2.23.